The molecule has 1 rings (SSSR count). The topological polar surface area (TPSA) is 112 Å². The first-order chi connectivity index (χ1) is 8.15. The van der Waals surface area contributed by atoms with E-state index in [9.17, 15) is 4.79 Å². The molecule has 0 radical (unpaired) electrons. The van der Waals surface area contributed by atoms with Crippen molar-refractivity contribution in [1.82, 2.24) is 0 Å². The molecular weight excluding hydrogens is 228 g/mol. The Labute approximate surface area is 96.9 Å². The van der Waals surface area contributed by atoms with Crippen LogP contribution in [-0.4, -0.2) is 40.1 Å². The lowest BCUT2D eigenvalue weighted by Gasteiger charge is -2.13. The second-order valence-corrected chi connectivity index (χ2v) is 3.13. The normalized spacial score (nSPS) is 14.5. The second kappa shape index (κ2) is 6.56. The maximum atomic E-state index is 10.6. The fourth-order valence-corrected chi connectivity index (χ4v) is 0.992. The summed E-state index contributed by atoms with van der Waals surface area (Å²) in [6.07, 6.45) is -3.20. The molecule has 0 aliphatic heterocycles. The van der Waals surface area contributed by atoms with Gasteiger partial charge in [-0.05, 0) is 12.1 Å². The van der Waals surface area contributed by atoms with Crippen molar-refractivity contribution in [3.63, 3.8) is 0 Å². The summed E-state index contributed by atoms with van der Waals surface area (Å²) in [5, 5.41) is 33.2. The van der Waals surface area contributed by atoms with Gasteiger partial charge < -0.3 is 20.2 Å². The van der Waals surface area contributed by atoms with Crippen LogP contribution in [0.5, 0.6) is 0 Å². The third kappa shape index (κ3) is 4.17. The van der Waals surface area contributed by atoms with E-state index in [4.69, 9.17) is 15.3 Å². The Hall–Kier alpha value is -1.99. The van der Waals surface area contributed by atoms with Crippen molar-refractivity contribution in [1.29, 1.82) is 0 Å². The molecule has 0 saturated carbocycles. The summed E-state index contributed by atoms with van der Waals surface area (Å²) in [7, 11) is 0. The number of aliphatic carboxylic acids is 1. The van der Waals surface area contributed by atoms with Crippen LogP contribution in [0, 0.1) is 0 Å². The Morgan fingerprint density at radius 1 is 1.35 bits per heavy atom. The number of aliphatic hydroxyl groups excluding tert-OH is 2. The lowest BCUT2D eigenvalue weighted by atomic mass is 10.2. The summed E-state index contributed by atoms with van der Waals surface area (Å²) >= 11 is 0. The van der Waals surface area contributed by atoms with Gasteiger partial charge in [0.2, 0.25) is 0 Å². The second-order valence-electron chi connectivity index (χ2n) is 3.13. The Morgan fingerprint density at radius 3 is 2.53 bits per heavy atom. The predicted octanol–water partition coefficient (Wildman–Crippen LogP) is 0.508. The number of carbonyl (C=O) groups is 1. The van der Waals surface area contributed by atoms with Gasteiger partial charge in [-0.15, -0.1) is 5.11 Å². The Kier molecular flexibility index (Phi) is 5.05. The summed E-state index contributed by atoms with van der Waals surface area (Å²) in [6.45, 7) is -0.738. The standard InChI is InChI=1S/C10H12N2O5/c13-6-8(14)9(10(15)16)17-12-11-7-4-2-1-3-5-7/h1-5,8-9,13-14H,6H2,(H,15,16). The molecule has 0 aliphatic rings. The van der Waals surface area contributed by atoms with Crippen molar-refractivity contribution >= 4 is 11.7 Å². The van der Waals surface area contributed by atoms with E-state index in [-0.39, 0.29) is 0 Å². The molecular formula is C10H12N2O5. The highest BCUT2D eigenvalue weighted by Crippen LogP contribution is 2.11. The molecule has 0 aromatic heterocycles. The molecule has 7 heteroatoms. The quantitative estimate of drug-likeness (QED) is 0.495. The highest BCUT2D eigenvalue weighted by atomic mass is 16.7. The first-order valence-electron chi connectivity index (χ1n) is 4.78. The van der Waals surface area contributed by atoms with E-state index in [2.05, 4.69) is 15.2 Å². The van der Waals surface area contributed by atoms with Crippen molar-refractivity contribution in [2.24, 2.45) is 10.4 Å². The van der Waals surface area contributed by atoms with Crippen molar-refractivity contribution in [3.8, 4) is 0 Å². The average molecular weight is 240 g/mol. The van der Waals surface area contributed by atoms with E-state index in [0.717, 1.165) is 0 Å². The maximum absolute atomic E-state index is 10.6. The van der Waals surface area contributed by atoms with Gasteiger partial charge >= 0.3 is 5.97 Å². The van der Waals surface area contributed by atoms with Gasteiger partial charge in [0.25, 0.3) is 6.10 Å². The van der Waals surface area contributed by atoms with Gasteiger partial charge in [-0.25, -0.2) is 4.79 Å². The minimum atomic E-state index is -1.65. The predicted molar refractivity (Wildman–Crippen MR) is 56.6 cm³/mol. The number of aliphatic hydroxyl groups is 2. The van der Waals surface area contributed by atoms with Crippen LogP contribution < -0.4 is 0 Å². The van der Waals surface area contributed by atoms with Crippen LogP contribution in [0.25, 0.3) is 0 Å². The number of nitrogens with zero attached hydrogens (tertiary/aromatic N) is 2. The molecule has 2 atom stereocenters. The van der Waals surface area contributed by atoms with Crippen LogP contribution in [-0.2, 0) is 9.63 Å². The van der Waals surface area contributed by atoms with Gasteiger partial charge in [0.05, 0.1) is 12.3 Å². The zero-order valence-corrected chi connectivity index (χ0v) is 8.80. The third-order valence-corrected chi connectivity index (χ3v) is 1.85. The third-order valence-electron chi connectivity index (χ3n) is 1.85. The average Bonchev–Trinajstić information content (AvgIpc) is 2.34. The highest BCUT2D eigenvalue weighted by Gasteiger charge is 2.28. The number of hydrogen-bond acceptors (Lipinski definition) is 6. The minimum absolute atomic E-state index is 0.482. The van der Waals surface area contributed by atoms with E-state index in [1.807, 2.05) is 0 Å². The molecule has 0 bridgehead atoms. The van der Waals surface area contributed by atoms with E-state index in [1.54, 1.807) is 30.3 Å². The maximum Gasteiger partial charge on any atom is 0.350 e. The highest BCUT2D eigenvalue weighted by molar-refractivity contribution is 5.73. The zero-order chi connectivity index (χ0) is 12.7. The van der Waals surface area contributed by atoms with Crippen LogP contribution in [0.2, 0.25) is 0 Å². The van der Waals surface area contributed by atoms with Crippen LogP contribution in [0.4, 0.5) is 5.69 Å². The summed E-state index contributed by atoms with van der Waals surface area (Å²) < 4.78 is 0. The zero-order valence-electron chi connectivity index (χ0n) is 8.80. The monoisotopic (exact) mass is 240 g/mol. The summed E-state index contributed by atoms with van der Waals surface area (Å²) in [5.41, 5.74) is 0.482. The Bertz CT molecular complexity index is 382. The van der Waals surface area contributed by atoms with E-state index >= 15 is 0 Å². The van der Waals surface area contributed by atoms with Gasteiger partial charge in [0.1, 0.15) is 6.10 Å². The van der Waals surface area contributed by atoms with Crippen LogP contribution in [0.15, 0.2) is 40.7 Å². The first-order valence-corrected chi connectivity index (χ1v) is 4.78. The number of hydrogen-bond donors (Lipinski definition) is 3. The van der Waals surface area contributed by atoms with Gasteiger partial charge in [0, 0.05) is 5.28 Å². The van der Waals surface area contributed by atoms with Crippen LogP contribution >= 0.6 is 0 Å². The number of rotatable bonds is 6. The fourth-order valence-electron chi connectivity index (χ4n) is 0.992. The van der Waals surface area contributed by atoms with Gasteiger partial charge in [-0.2, -0.15) is 0 Å². The molecule has 0 fully saturated rings. The van der Waals surface area contributed by atoms with Crippen molar-refractivity contribution in [2.45, 2.75) is 12.2 Å². The molecule has 7 nitrogen and oxygen atoms in total. The van der Waals surface area contributed by atoms with E-state index < -0.39 is 24.8 Å². The molecule has 2 unspecified atom stereocenters. The van der Waals surface area contributed by atoms with Gasteiger partial charge in [-0.1, -0.05) is 18.2 Å². The van der Waals surface area contributed by atoms with Gasteiger partial charge in [0.15, 0.2) is 0 Å². The summed E-state index contributed by atoms with van der Waals surface area (Å²) in [5.74, 6) is -1.43. The fraction of sp³-hybridized carbons (Fsp3) is 0.300. The molecule has 1 aromatic rings. The SMILES string of the molecule is O=C(O)C(ON=Nc1ccccc1)C(O)CO. The summed E-state index contributed by atoms with van der Waals surface area (Å²) in [6, 6.07) is 8.53. The lowest BCUT2D eigenvalue weighted by molar-refractivity contribution is -0.161. The van der Waals surface area contributed by atoms with Crippen molar-refractivity contribution in [3.05, 3.63) is 30.3 Å². The van der Waals surface area contributed by atoms with E-state index in [1.165, 1.54) is 0 Å². The molecule has 17 heavy (non-hydrogen) atoms. The molecule has 1 aromatic carbocycles. The minimum Gasteiger partial charge on any atom is -0.478 e. The van der Waals surface area contributed by atoms with Crippen LogP contribution in [0.1, 0.15) is 0 Å². The molecule has 92 valence electrons. The Balaban J connectivity index is 2.58. The van der Waals surface area contributed by atoms with Crippen LogP contribution in [0.3, 0.4) is 0 Å². The lowest BCUT2D eigenvalue weighted by Crippen LogP contribution is -2.37. The van der Waals surface area contributed by atoms with Crippen molar-refractivity contribution in [2.75, 3.05) is 6.61 Å². The molecule has 0 saturated heterocycles. The number of carboxylic acids is 1. The van der Waals surface area contributed by atoms with Gasteiger partial charge in [-0.3, -0.25) is 0 Å². The molecule has 0 amide bonds. The molecule has 0 aliphatic carbocycles. The van der Waals surface area contributed by atoms with Crippen molar-refractivity contribution < 1.29 is 25.0 Å². The molecule has 0 heterocycles. The Morgan fingerprint density at radius 2 is 2.00 bits per heavy atom. The van der Waals surface area contributed by atoms with E-state index in [0.29, 0.717) is 5.69 Å². The summed E-state index contributed by atoms with van der Waals surface area (Å²) in [4.78, 5) is 15.2. The first kappa shape index (κ1) is 13.1. The smallest absolute Gasteiger partial charge is 0.350 e. The largest absolute Gasteiger partial charge is 0.478 e. The molecule has 0 spiro atoms. The number of carboxylic acid groups (broad SMARTS) is 1. The molecule has 3 N–H and O–H groups in total. The number of benzene rings is 1.